The number of likely N-dealkylation sites (tertiary alicyclic amines) is 1. The zero-order valence-corrected chi connectivity index (χ0v) is 14.9. The fraction of sp³-hybridized carbons (Fsp3) is 0.381. The summed E-state index contributed by atoms with van der Waals surface area (Å²) in [6.45, 7) is 3.95. The van der Waals surface area contributed by atoms with Crippen molar-refractivity contribution in [2.75, 3.05) is 6.54 Å². The Morgan fingerprint density at radius 3 is 2.88 bits per heavy atom. The number of aromatic nitrogens is 1. The van der Waals surface area contributed by atoms with Gasteiger partial charge in [0.15, 0.2) is 0 Å². The monoisotopic (exact) mass is 336 g/mol. The van der Waals surface area contributed by atoms with Crippen molar-refractivity contribution in [3.63, 3.8) is 0 Å². The minimum atomic E-state index is -0.259. The molecule has 1 aromatic carbocycles. The molecule has 0 bridgehead atoms. The van der Waals surface area contributed by atoms with Gasteiger partial charge in [-0.15, -0.1) is 0 Å². The van der Waals surface area contributed by atoms with Gasteiger partial charge < -0.3 is 8.98 Å². The van der Waals surface area contributed by atoms with Gasteiger partial charge >= 0.3 is 5.63 Å². The molecule has 0 radical (unpaired) electrons. The Morgan fingerprint density at radius 2 is 2.12 bits per heavy atom. The summed E-state index contributed by atoms with van der Waals surface area (Å²) in [6.07, 6.45) is 5.39. The Hall–Kier alpha value is -2.33. The highest BCUT2D eigenvalue weighted by Crippen LogP contribution is 2.34. The fourth-order valence-corrected chi connectivity index (χ4v) is 4.01. The molecule has 1 fully saturated rings. The minimum absolute atomic E-state index is 0.259. The first-order valence-corrected chi connectivity index (χ1v) is 9.06. The quantitative estimate of drug-likeness (QED) is 0.675. The van der Waals surface area contributed by atoms with Crippen molar-refractivity contribution in [3.05, 3.63) is 69.8 Å². The van der Waals surface area contributed by atoms with Crippen molar-refractivity contribution in [3.8, 4) is 0 Å². The highest BCUT2D eigenvalue weighted by Gasteiger charge is 2.28. The number of benzene rings is 1. The van der Waals surface area contributed by atoms with Gasteiger partial charge in [0.05, 0.1) is 6.04 Å². The van der Waals surface area contributed by atoms with Crippen molar-refractivity contribution in [1.29, 1.82) is 0 Å². The summed E-state index contributed by atoms with van der Waals surface area (Å²) < 4.78 is 7.65. The van der Waals surface area contributed by atoms with Gasteiger partial charge in [-0.2, -0.15) is 0 Å². The van der Waals surface area contributed by atoms with E-state index in [0.29, 0.717) is 11.6 Å². The Labute approximate surface area is 147 Å². The molecule has 4 rings (SSSR count). The lowest BCUT2D eigenvalue weighted by Gasteiger charge is -2.25. The Kier molecular flexibility index (Phi) is 4.22. The van der Waals surface area contributed by atoms with E-state index < -0.39 is 0 Å². The third kappa shape index (κ3) is 3.02. The molecular weight excluding hydrogens is 312 g/mol. The highest BCUT2D eigenvalue weighted by atomic mass is 16.4. The zero-order chi connectivity index (χ0) is 17.4. The maximum absolute atomic E-state index is 12.1. The van der Waals surface area contributed by atoms with Gasteiger partial charge in [-0.3, -0.25) is 4.90 Å². The van der Waals surface area contributed by atoms with Crippen molar-refractivity contribution >= 4 is 11.0 Å². The second-order valence-electron chi connectivity index (χ2n) is 6.95. The van der Waals surface area contributed by atoms with E-state index in [1.165, 1.54) is 17.7 Å². The van der Waals surface area contributed by atoms with Crippen molar-refractivity contribution in [2.45, 2.75) is 38.8 Å². The van der Waals surface area contributed by atoms with Crippen LogP contribution in [-0.2, 0) is 20.0 Å². The second-order valence-corrected chi connectivity index (χ2v) is 6.95. The molecule has 1 aliphatic heterocycles. The maximum Gasteiger partial charge on any atom is 0.336 e. The van der Waals surface area contributed by atoms with Gasteiger partial charge in [0.25, 0.3) is 0 Å². The van der Waals surface area contributed by atoms with Gasteiger partial charge in [-0.25, -0.2) is 4.79 Å². The molecule has 3 heterocycles. The van der Waals surface area contributed by atoms with Crippen LogP contribution < -0.4 is 5.63 Å². The summed E-state index contributed by atoms with van der Waals surface area (Å²) in [5, 5.41) is 1.05. The van der Waals surface area contributed by atoms with Crippen LogP contribution >= 0.6 is 0 Å². The van der Waals surface area contributed by atoms with Gasteiger partial charge in [0, 0.05) is 36.9 Å². The number of hydrogen-bond donors (Lipinski definition) is 0. The largest absolute Gasteiger partial charge is 0.423 e. The molecule has 1 aliphatic rings. The van der Waals surface area contributed by atoms with Crippen LogP contribution in [0.2, 0.25) is 0 Å². The zero-order valence-electron chi connectivity index (χ0n) is 14.9. The molecule has 0 saturated carbocycles. The van der Waals surface area contributed by atoms with Crippen LogP contribution in [-0.4, -0.2) is 16.0 Å². The lowest BCUT2D eigenvalue weighted by Crippen LogP contribution is -2.24. The molecule has 3 aromatic rings. The van der Waals surface area contributed by atoms with Gasteiger partial charge in [-0.1, -0.05) is 19.1 Å². The predicted octanol–water partition coefficient (Wildman–Crippen LogP) is 4.03. The number of nitrogens with zero attached hydrogens (tertiary/aromatic N) is 2. The first-order chi connectivity index (χ1) is 12.2. The predicted molar refractivity (Wildman–Crippen MR) is 99.7 cm³/mol. The Morgan fingerprint density at radius 1 is 1.24 bits per heavy atom. The lowest BCUT2D eigenvalue weighted by molar-refractivity contribution is 0.241. The van der Waals surface area contributed by atoms with Crippen LogP contribution in [0.3, 0.4) is 0 Å². The molecule has 1 atom stereocenters. The van der Waals surface area contributed by atoms with Gasteiger partial charge in [0.2, 0.25) is 0 Å². The molecule has 0 spiro atoms. The maximum atomic E-state index is 12.1. The molecule has 4 heteroatoms. The number of aryl methyl sites for hydroxylation is 2. The highest BCUT2D eigenvalue weighted by molar-refractivity contribution is 5.80. The summed E-state index contributed by atoms with van der Waals surface area (Å²) in [7, 11) is 2.10. The summed E-state index contributed by atoms with van der Waals surface area (Å²) in [4.78, 5) is 14.5. The lowest BCUT2D eigenvalue weighted by atomic mass is 10.1. The van der Waals surface area contributed by atoms with E-state index in [-0.39, 0.29) is 5.63 Å². The third-order valence-corrected chi connectivity index (χ3v) is 5.37. The van der Waals surface area contributed by atoms with E-state index in [9.17, 15) is 4.79 Å². The average molecular weight is 336 g/mol. The first kappa shape index (κ1) is 16.2. The summed E-state index contributed by atoms with van der Waals surface area (Å²) >= 11 is 0. The van der Waals surface area contributed by atoms with Crippen molar-refractivity contribution in [1.82, 2.24) is 9.47 Å². The molecule has 4 nitrogen and oxygen atoms in total. The molecule has 0 aliphatic carbocycles. The summed E-state index contributed by atoms with van der Waals surface area (Å²) in [5.41, 5.74) is 4.05. The van der Waals surface area contributed by atoms with Crippen LogP contribution in [0, 0.1) is 0 Å². The molecule has 0 N–H and O–H groups in total. The second kappa shape index (κ2) is 6.52. The Balaban J connectivity index is 1.70. The van der Waals surface area contributed by atoms with Crippen molar-refractivity contribution in [2.24, 2.45) is 7.05 Å². The molecule has 130 valence electrons. The van der Waals surface area contributed by atoms with Gasteiger partial charge in [-0.05, 0) is 55.1 Å². The van der Waals surface area contributed by atoms with E-state index in [1.807, 2.05) is 6.07 Å². The number of rotatable bonds is 4. The van der Waals surface area contributed by atoms with E-state index in [1.54, 1.807) is 6.07 Å². The SMILES string of the molecule is CCc1ccc2c(CN3CCC[C@@H]3c3cccn3C)cc(=O)oc2c1. The first-order valence-electron chi connectivity index (χ1n) is 9.06. The number of fused-ring (bicyclic) bond motifs is 1. The smallest absolute Gasteiger partial charge is 0.336 e. The molecular formula is C21H24N2O2. The molecule has 25 heavy (non-hydrogen) atoms. The van der Waals surface area contributed by atoms with E-state index >= 15 is 0 Å². The third-order valence-electron chi connectivity index (χ3n) is 5.37. The minimum Gasteiger partial charge on any atom is -0.423 e. The van der Waals surface area contributed by atoms with Crippen LogP contribution in [0.4, 0.5) is 0 Å². The van der Waals surface area contributed by atoms with Crippen LogP contribution in [0.1, 0.15) is 42.6 Å². The van der Waals surface area contributed by atoms with Crippen LogP contribution in [0.15, 0.2) is 51.8 Å². The normalized spacial score (nSPS) is 18.2. The van der Waals surface area contributed by atoms with E-state index in [4.69, 9.17) is 4.42 Å². The molecule has 2 aromatic heterocycles. The topological polar surface area (TPSA) is 38.4 Å². The average Bonchev–Trinajstić information content (AvgIpc) is 3.22. The van der Waals surface area contributed by atoms with Crippen LogP contribution in [0.25, 0.3) is 11.0 Å². The fourth-order valence-electron chi connectivity index (χ4n) is 4.01. The van der Waals surface area contributed by atoms with Gasteiger partial charge in [0.1, 0.15) is 5.58 Å². The van der Waals surface area contributed by atoms with E-state index in [2.05, 4.69) is 53.9 Å². The summed E-state index contributed by atoms with van der Waals surface area (Å²) in [5.74, 6) is 0. The molecule has 1 saturated heterocycles. The van der Waals surface area contributed by atoms with Crippen molar-refractivity contribution < 1.29 is 4.42 Å². The van der Waals surface area contributed by atoms with E-state index in [0.717, 1.165) is 36.9 Å². The Bertz CT molecular complexity index is 954. The number of hydrogen-bond acceptors (Lipinski definition) is 3. The molecule has 0 unspecified atom stereocenters. The molecule has 0 amide bonds. The standard InChI is InChI=1S/C21H24N2O2/c1-3-15-8-9-17-16(13-21(24)25-20(17)12-15)14-23-11-5-7-19(23)18-6-4-10-22(18)2/h4,6,8-10,12-13,19H,3,5,7,11,14H2,1-2H3/t19-/m1/s1. The van der Waals surface area contributed by atoms with Crippen LogP contribution in [0.5, 0.6) is 0 Å². The summed E-state index contributed by atoms with van der Waals surface area (Å²) in [6, 6.07) is 12.6.